The molecule has 1 N–H and O–H groups in total. The molecule has 2 amide bonds. The van der Waals surface area contributed by atoms with E-state index in [0.29, 0.717) is 31.6 Å². The summed E-state index contributed by atoms with van der Waals surface area (Å²) in [5, 5.41) is 2.97. The lowest BCUT2D eigenvalue weighted by atomic mass is 10.1. The highest BCUT2D eigenvalue weighted by molar-refractivity contribution is 5.94. The molecule has 2 aliphatic rings. The van der Waals surface area contributed by atoms with Crippen LogP contribution in [0, 0.1) is 0 Å². The van der Waals surface area contributed by atoms with Crippen LogP contribution in [0.5, 0.6) is 11.5 Å². The number of hydrogen-bond donors (Lipinski definition) is 1. The van der Waals surface area contributed by atoms with Crippen LogP contribution in [-0.2, 0) is 24.3 Å². The van der Waals surface area contributed by atoms with Crippen LogP contribution in [0.3, 0.4) is 0 Å². The Labute approximate surface area is 211 Å². The minimum atomic E-state index is 0.0256. The van der Waals surface area contributed by atoms with Gasteiger partial charge < -0.3 is 19.7 Å². The first-order chi connectivity index (χ1) is 17.6. The Hall–Kier alpha value is -3.84. The van der Waals surface area contributed by atoms with Crippen molar-refractivity contribution < 1.29 is 19.1 Å². The van der Waals surface area contributed by atoms with E-state index in [2.05, 4.69) is 16.3 Å². The molecule has 186 valence electrons. The van der Waals surface area contributed by atoms with Crippen LogP contribution < -0.4 is 14.8 Å². The van der Waals surface area contributed by atoms with Crippen molar-refractivity contribution in [2.24, 2.45) is 0 Å². The first kappa shape index (κ1) is 23.9. The molecule has 0 radical (unpaired) electrons. The summed E-state index contributed by atoms with van der Waals surface area (Å²) in [5.74, 6) is 1.68. The van der Waals surface area contributed by atoms with E-state index in [1.54, 1.807) is 0 Å². The summed E-state index contributed by atoms with van der Waals surface area (Å²) in [7, 11) is 0. The van der Waals surface area contributed by atoms with Gasteiger partial charge in [0.15, 0.2) is 11.5 Å². The molecule has 3 aromatic rings. The Balaban J connectivity index is 1.05. The third kappa shape index (κ3) is 6.04. The summed E-state index contributed by atoms with van der Waals surface area (Å²) < 4.78 is 10.9. The second-order valence-corrected chi connectivity index (χ2v) is 9.22. The van der Waals surface area contributed by atoms with Crippen molar-refractivity contribution in [3.05, 3.63) is 95.1 Å². The van der Waals surface area contributed by atoms with Gasteiger partial charge in [0.05, 0.1) is 0 Å². The Morgan fingerprint density at radius 1 is 0.778 bits per heavy atom. The van der Waals surface area contributed by atoms with Gasteiger partial charge in [0.2, 0.25) is 12.7 Å². The Morgan fingerprint density at radius 3 is 2.28 bits per heavy atom. The monoisotopic (exact) mass is 485 g/mol. The topological polar surface area (TPSA) is 71.1 Å². The van der Waals surface area contributed by atoms with Gasteiger partial charge in [-0.3, -0.25) is 14.5 Å². The molecule has 7 heteroatoms. The van der Waals surface area contributed by atoms with Gasteiger partial charge >= 0.3 is 0 Å². The molecule has 0 saturated carbocycles. The van der Waals surface area contributed by atoms with Crippen molar-refractivity contribution in [3.8, 4) is 11.5 Å². The van der Waals surface area contributed by atoms with Crippen molar-refractivity contribution in [1.82, 2.24) is 15.1 Å². The number of carbonyl (C=O) groups excluding carboxylic acids is 2. The molecule has 0 aromatic heterocycles. The minimum absolute atomic E-state index is 0.0256. The molecule has 0 atom stereocenters. The van der Waals surface area contributed by atoms with Crippen molar-refractivity contribution in [2.45, 2.75) is 25.9 Å². The maximum absolute atomic E-state index is 13.0. The first-order valence-electron chi connectivity index (χ1n) is 12.4. The molecule has 1 saturated heterocycles. The molecule has 0 spiro atoms. The zero-order chi connectivity index (χ0) is 24.7. The number of fused-ring (bicyclic) bond motifs is 1. The molecule has 0 aliphatic carbocycles. The summed E-state index contributed by atoms with van der Waals surface area (Å²) in [6.45, 7) is 4.61. The highest BCUT2D eigenvalue weighted by Gasteiger charge is 2.23. The van der Waals surface area contributed by atoms with E-state index in [-0.39, 0.29) is 18.6 Å². The van der Waals surface area contributed by atoms with Crippen molar-refractivity contribution in [3.63, 3.8) is 0 Å². The van der Waals surface area contributed by atoms with Crippen LogP contribution >= 0.6 is 0 Å². The summed E-state index contributed by atoms with van der Waals surface area (Å²) in [4.78, 5) is 29.4. The number of aryl methyl sites for hydroxylation is 1. The van der Waals surface area contributed by atoms with Gasteiger partial charge in [-0.05, 0) is 47.4 Å². The molecule has 3 aromatic carbocycles. The predicted octanol–water partition coefficient (Wildman–Crippen LogP) is 3.62. The van der Waals surface area contributed by atoms with E-state index < -0.39 is 0 Å². The van der Waals surface area contributed by atoms with Crippen LogP contribution in [0.2, 0.25) is 0 Å². The fourth-order valence-corrected chi connectivity index (χ4v) is 4.55. The molecule has 7 nitrogen and oxygen atoms in total. The van der Waals surface area contributed by atoms with Gasteiger partial charge in [-0.25, -0.2) is 0 Å². The number of piperazine rings is 1. The smallest absolute Gasteiger partial charge is 0.253 e. The van der Waals surface area contributed by atoms with Gasteiger partial charge in [-0.2, -0.15) is 0 Å². The van der Waals surface area contributed by atoms with Crippen LogP contribution in [0.1, 0.15) is 33.5 Å². The van der Waals surface area contributed by atoms with E-state index in [4.69, 9.17) is 9.47 Å². The van der Waals surface area contributed by atoms with Crippen molar-refractivity contribution in [2.75, 3.05) is 33.0 Å². The molecule has 2 aliphatic heterocycles. The maximum atomic E-state index is 13.0. The van der Waals surface area contributed by atoms with E-state index in [1.165, 1.54) is 5.56 Å². The second kappa shape index (κ2) is 11.3. The highest BCUT2D eigenvalue weighted by Crippen LogP contribution is 2.32. The average molecular weight is 486 g/mol. The molecule has 5 rings (SSSR count). The van der Waals surface area contributed by atoms with E-state index in [1.807, 2.05) is 71.6 Å². The maximum Gasteiger partial charge on any atom is 0.253 e. The Morgan fingerprint density at radius 2 is 1.50 bits per heavy atom. The van der Waals surface area contributed by atoms with Crippen LogP contribution in [0.25, 0.3) is 0 Å². The fourth-order valence-electron chi connectivity index (χ4n) is 4.55. The van der Waals surface area contributed by atoms with Crippen LogP contribution in [0.4, 0.5) is 0 Å². The van der Waals surface area contributed by atoms with E-state index >= 15 is 0 Å². The van der Waals surface area contributed by atoms with Gasteiger partial charge in [0.25, 0.3) is 5.91 Å². The third-order valence-electron chi connectivity index (χ3n) is 6.68. The van der Waals surface area contributed by atoms with E-state index in [9.17, 15) is 9.59 Å². The molecule has 2 heterocycles. The van der Waals surface area contributed by atoms with Crippen LogP contribution in [0.15, 0.2) is 72.8 Å². The number of benzene rings is 3. The first-order valence-corrected chi connectivity index (χ1v) is 12.4. The Bertz CT molecular complexity index is 1190. The lowest BCUT2D eigenvalue weighted by Gasteiger charge is -2.34. The zero-order valence-corrected chi connectivity index (χ0v) is 20.3. The summed E-state index contributed by atoms with van der Waals surface area (Å²) in [6, 6.07) is 23.6. The summed E-state index contributed by atoms with van der Waals surface area (Å²) in [6.07, 6.45) is 1.19. The molecular weight excluding hydrogens is 454 g/mol. The van der Waals surface area contributed by atoms with Crippen molar-refractivity contribution in [1.29, 1.82) is 0 Å². The molecule has 36 heavy (non-hydrogen) atoms. The quantitative estimate of drug-likeness (QED) is 0.528. The summed E-state index contributed by atoms with van der Waals surface area (Å²) in [5.41, 5.74) is 4.00. The number of hydrogen-bond acceptors (Lipinski definition) is 5. The van der Waals surface area contributed by atoms with Gasteiger partial charge in [-0.1, -0.05) is 48.5 Å². The summed E-state index contributed by atoms with van der Waals surface area (Å²) >= 11 is 0. The van der Waals surface area contributed by atoms with Crippen molar-refractivity contribution >= 4 is 11.8 Å². The van der Waals surface area contributed by atoms with Gasteiger partial charge in [0.1, 0.15) is 0 Å². The zero-order valence-electron chi connectivity index (χ0n) is 20.3. The largest absolute Gasteiger partial charge is 0.454 e. The number of rotatable bonds is 8. The molecule has 0 unspecified atom stereocenters. The third-order valence-corrected chi connectivity index (χ3v) is 6.68. The number of carbonyl (C=O) groups is 2. The van der Waals surface area contributed by atoms with Gasteiger partial charge in [0, 0.05) is 51.3 Å². The lowest BCUT2D eigenvalue weighted by Crippen LogP contribution is -2.48. The fraction of sp³-hybridized carbons (Fsp3) is 0.310. The van der Waals surface area contributed by atoms with Gasteiger partial charge in [-0.15, -0.1) is 0 Å². The molecule has 1 fully saturated rings. The predicted molar refractivity (Wildman–Crippen MR) is 137 cm³/mol. The number of ether oxygens (including phenoxy) is 2. The molecule has 0 bridgehead atoms. The number of nitrogens with one attached hydrogen (secondary N) is 1. The van der Waals surface area contributed by atoms with E-state index in [0.717, 1.165) is 48.7 Å². The average Bonchev–Trinajstić information content (AvgIpc) is 3.40. The Kier molecular flexibility index (Phi) is 7.47. The van der Waals surface area contributed by atoms with Crippen LogP contribution in [-0.4, -0.2) is 54.6 Å². The standard InChI is InChI=1S/C29H31N3O4/c33-28(13-9-22-4-2-1-3-5-22)30-19-23-6-10-25(11-7-23)29(34)32-16-14-31(15-17-32)20-24-8-12-26-27(18-24)36-21-35-26/h1-8,10-12,18H,9,13-17,19-21H2,(H,30,33). The normalized spacial score (nSPS) is 15.1. The second-order valence-electron chi connectivity index (χ2n) is 9.22. The number of nitrogens with zero attached hydrogens (tertiary/aromatic N) is 2. The minimum Gasteiger partial charge on any atom is -0.454 e. The SMILES string of the molecule is O=C(CCc1ccccc1)NCc1ccc(C(=O)N2CCN(Cc3ccc4c(c3)OCO4)CC2)cc1. The lowest BCUT2D eigenvalue weighted by molar-refractivity contribution is -0.121. The number of amides is 2. The molecular formula is C29H31N3O4. The highest BCUT2D eigenvalue weighted by atomic mass is 16.7.